The minimum atomic E-state index is 0.121. The number of para-hydroxylation sites is 1. The third-order valence-electron chi connectivity index (χ3n) is 6.14. The zero-order chi connectivity index (χ0) is 21.3. The van der Waals surface area contributed by atoms with Crippen LogP contribution >= 0.6 is 0 Å². The Balaban J connectivity index is 1.78. The summed E-state index contributed by atoms with van der Waals surface area (Å²) in [6, 6.07) is 14.5. The van der Waals surface area contributed by atoms with Crippen molar-refractivity contribution >= 4 is 16.8 Å². The van der Waals surface area contributed by atoms with Crippen molar-refractivity contribution in [2.75, 3.05) is 32.7 Å². The lowest BCUT2D eigenvalue weighted by atomic mass is 9.97. The van der Waals surface area contributed by atoms with Crippen molar-refractivity contribution in [2.45, 2.75) is 34.1 Å². The van der Waals surface area contributed by atoms with Crippen LogP contribution < -0.4 is 0 Å². The predicted octanol–water partition coefficient (Wildman–Crippen LogP) is 4.99. The normalized spacial score (nSPS) is 15.0. The van der Waals surface area contributed by atoms with Gasteiger partial charge >= 0.3 is 0 Å². The molecule has 2 heterocycles. The van der Waals surface area contributed by atoms with E-state index in [-0.39, 0.29) is 5.91 Å². The Morgan fingerprint density at radius 1 is 0.967 bits per heavy atom. The van der Waals surface area contributed by atoms with Gasteiger partial charge in [0.15, 0.2) is 0 Å². The second-order valence-corrected chi connectivity index (χ2v) is 8.48. The number of nitrogens with zero attached hydrogens (tertiary/aromatic N) is 3. The van der Waals surface area contributed by atoms with Crippen LogP contribution in [0, 0.1) is 20.8 Å². The first-order valence-electron chi connectivity index (χ1n) is 11.0. The number of carbonyl (C=O) groups excluding carboxylic acids is 1. The molecule has 1 amide bonds. The minimum absolute atomic E-state index is 0.121. The topological polar surface area (TPSA) is 36.4 Å². The summed E-state index contributed by atoms with van der Waals surface area (Å²) >= 11 is 0. The van der Waals surface area contributed by atoms with Crippen LogP contribution in [0.25, 0.3) is 22.2 Å². The molecule has 3 aromatic rings. The van der Waals surface area contributed by atoms with Crippen LogP contribution in [0.2, 0.25) is 0 Å². The molecule has 0 bridgehead atoms. The summed E-state index contributed by atoms with van der Waals surface area (Å²) in [5.41, 5.74) is 7.14. The van der Waals surface area contributed by atoms with Crippen LogP contribution in [0.3, 0.4) is 0 Å². The van der Waals surface area contributed by atoms with Gasteiger partial charge in [-0.25, -0.2) is 4.98 Å². The highest BCUT2D eigenvalue weighted by atomic mass is 16.2. The van der Waals surface area contributed by atoms with Crippen LogP contribution in [0.15, 0.2) is 42.5 Å². The van der Waals surface area contributed by atoms with Gasteiger partial charge in [0.25, 0.3) is 5.91 Å². The Hall–Kier alpha value is -2.72. The fourth-order valence-corrected chi connectivity index (χ4v) is 4.38. The second kappa shape index (κ2) is 8.57. The van der Waals surface area contributed by atoms with Crippen LogP contribution in [0.5, 0.6) is 0 Å². The average Bonchev–Trinajstić information content (AvgIpc) is 2.75. The van der Waals surface area contributed by atoms with Gasteiger partial charge in [-0.2, -0.15) is 0 Å². The molecule has 0 saturated carbocycles. The molecule has 4 nitrogen and oxygen atoms in total. The van der Waals surface area contributed by atoms with Crippen LogP contribution in [-0.4, -0.2) is 53.4 Å². The van der Waals surface area contributed by atoms with Gasteiger partial charge in [-0.05, 0) is 57.0 Å². The maximum Gasteiger partial charge on any atom is 0.254 e. The number of amides is 1. The van der Waals surface area contributed by atoms with Crippen molar-refractivity contribution in [1.82, 2.24) is 14.8 Å². The number of aromatic nitrogens is 1. The van der Waals surface area contributed by atoms with E-state index in [2.05, 4.69) is 56.9 Å². The lowest BCUT2D eigenvalue weighted by Crippen LogP contribution is -2.48. The summed E-state index contributed by atoms with van der Waals surface area (Å²) in [6.45, 7) is 13.1. The zero-order valence-corrected chi connectivity index (χ0v) is 18.5. The van der Waals surface area contributed by atoms with Crippen molar-refractivity contribution in [3.63, 3.8) is 0 Å². The molecular weight excluding hydrogens is 370 g/mol. The lowest BCUT2D eigenvalue weighted by Gasteiger charge is -2.34. The molecule has 0 unspecified atom stereocenters. The van der Waals surface area contributed by atoms with Gasteiger partial charge in [-0.15, -0.1) is 0 Å². The quantitative estimate of drug-likeness (QED) is 0.618. The number of carbonyl (C=O) groups is 1. The van der Waals surface area contributed by atoms with Crippen LogP contribution in [0.4, 0.5) is 0 Å². The number of rotatable bonds is 4. The lowest BCUT2D eigenvalue weighted by molar-refractivity contribution is 0.0639. The zero-order valence-electron chi connectivity index (χ0n) is 18.5. The third kappa shape index (κ3) is 3.97. The van der Waals surface area contributed by atoms with E-state index in [9.17, 15) is 4.79 Å². The van der Waals surface area contributed by atoms with Crippen molar-refractivity contribution in [3.8, 4) is 11.3 Å². The molecule has 0 radical (unpaired) electrons. The highest BCUT2D eigenvalue weighted by molar-refractivity contribution is 6.08. The van der Waals surface area contributed by atoms with Crippen molar-refractivity contribution in [2.24, 2.45) is 0 Å². The van der Waals surface area contributed by atoms with Gasteiger partial charge in [0, 0.05) is 37.1 Å². The number of hydrogen-bond acceptors (Lipinski definition) is 3. The van der Waals surface area contributed by atoms with Crippen LogP contribution in [-0.2, 0) is 0 Å². The average molecular weight is 402 g/mol. The number of hydrogen-bond donors (Lipinski definition) is 0. The van der Waals surface area contributed by atoms with Crippen molar-refractivity contribution < 1.29 is 4.79 Å². The monoisotopic (exact) mass is 401 g/mol. The molecule has 0 aliphatic carbocycles. The summed E-state index contributed by atoms with van der Waals surface area (Å²) in [5, 5.41) is 0.949. The number of pyridine rings is 1. The van der Waals surface area contributed by atoms with E-state index in [1.165, 1.54) is 11.1 Å². The first kappa shape index (κ1) is 20.5. The maximum absolute atomic E-state index is 13.6. The number of piperazine rings is 1. The van der Waals surface area contributed by atoms with Gasteiger partial charge < -0.3 is 4.90 Å². The van der Waals surface area contributed by atoms with E-state index in [4.69, 9.17) is 4.98 Å². The molecule has 156 valence electrons. The molecule has 0 spiro atoms. The molecule has 4 rings (SSSR count). The molecule has 1 aliphatic rings. The largest absolute Gasteiger partial charge is 0.336 e. The van der Waals surface area contributed by atoms with Gasteiger partial charge in [0.1, 0.15) is 0 Å². The number of aryl methyl sites for hydroxylation is 3. The Labute approximate surface area is 179 Å². The minimum Gasteiger partial charge on any atom is -0.336 e. The molecule has 1 aromatic heterocycles. The fraction of sp³-hybridized carbons (Fsp3) is 0.385. The Bertz CT molecular complexity index is 1080. The van der Waals surface area contributed by atoms with Crippen LogP contribution in [0.1, 0.15) is 40.4 Å². The van der Waals surface area contributed by atoms with Gasteiger partial charge in [0.05, 0.1) is 16.8 Å². The van der Waals surface area contributed by atoms with Crippen molar-refractivity contribution in [1.29, 1.82) is 0 Å². The first-order valence-corrected chi connectivity index (χ1v) is 11.0. The molecule has 1 aliphatic heterocycles. The molecule has 2 aromatic carbocycles. The van der Waals surface area contributed by atoms with Gasteiger partial charge in [-0.3, -0.25) is 9.69 Å². The predicted molar refractivity (Wildman–Crippen MR) is 124 cm³/mol. The second-order valence-electron chi connectivity index (χ2n) is 8.48. The summed E-state index contributed by atoms with van der Waals surface area (Å²) in [7, 11) is 0. The number of benzene rings is 2. The van der Waals surface area contributed by atoms with E-state index in [0.29, 0.717) is 0 Å². The molecule has 4 heteroatoms. The molecule has 0 N–H and O–H groups in total. The Morgan fingerprint density at radius 3 is 2.47 bits per heavy atom. The molecule has 1 saturated heterocycles. The standard InChI is InChI=1S/C26H31N3O/c1-5-11-28-12-14-29(15-13-28)26(30)23-17-24(22-16-18(2)9-10-19(22)3)27-25-20(4)7-6-8-21(23)25/h6-10,16-17H,5,11-15H2,1-4H3. The Morgan fingerprint density at radius 2 is 1.73 bits per heavy atom. The molecule has 30 heavy (non-hydrogen) atoms. The maximum atomic E-state index is 13.6. The highest BCUT2D eigenvalue weighted by Gasteiger charge is 2.24. The molecule has 1 fully saturated rings. The van der Waals surface area contributed by atoms with E-state index in [1.54, 1.807) is 0 Å². The summed E-state index contributed by atoms with van der Waals surface area (Å²) in [5.74, 6) is 0.121. The van der Waals surface area contributed by atoms with E-state index in [0.717, 1.165) is 72.4 Å². The smallest absolute Gasteiger partial charge is 0.254 e. The first-order chi connectivity index (χ1) is 14.5. The summed E-state index contributed by atoms with van der Waals surface area (Å²) < 4.78 is 0. The summed E-state index contributed by atoms with van der Waals surface area (Å²) in [6.07, 6.45) is 1.15. The van der Waals surface area contributed by atoms with Gasteiger partial charge in [0.2, 0.25) is 0 Å². The van der Waals surface area contributed by atoms with Crippen molar-refractivity contribution in [3.05, 3.63) is 64.7 Å². The van der Waals surface area contributed by atoms with Gasteiger partial charge in [-0.1, -0.05) is 42.8 Å². The SMILES string of the molecule is CCCN1CCN(C(=O)c2cc(-c3cc(C)ccc3C)nc3c(C)cccc23)CC1. The summed E-state index contributed by atoms with van der Waals surface area (Å²) in [4.78, 5) is 23.1. The molecular formula is C26H31N3O. The molecule has 0 atom stereocenters. The highest BCUT2D eigenvalue weighted by Crippen LogP contribution is 2.30. The number of fused-ring (bicyclic) bond motifs is 1. The third-order valence-corrected chi connectivity index (χ3v) is 6.14. The van der Waals surface area contributed by atoms with E-state index in [1.807, 2.05) is 23.1 Å². The Kier molecular flexibility index (Phi) is 5.87. The van der Waals surface area contributed by atoms with E-state index >= 15 is 0 Å². The van der Waals surface area contributed by atoms with E-state index < -0.39 is 0 Å². The fourth-order valence-electron chi connectivity index (χ4n) is 4.38.